The summed E-state index contributed by atoms with van der Waals surface area (Å²) >= 11 is 0. The number of rotatable bonds is 7. The molecule has 0 radical (unpaired) electrons. The average molecular weight is 482 g/mol. The van der Waals surface area contributed by atoms with Gasteiger partial charge in [-0.1, -0.05) is 24.3 Å². The van der Waals surface area contributed by atoms with Crippen LogP contribution in [-0.4, -0.2) is 18.0 Å². The summed E-state index contributed by atoms with van der Waals surface area (Å²) in [7, 11) is 0. The lowest BCUT2D eigenvalue weighted by Gasteiger charge is -2.14. The smallest absolute Gasteiger partial charge is 0.338 e. The molecule has 1 atom stereocenters. The molecule has 4 rings (SSSR count). The number of carbonyl (C=O) groups excluding carboxylic acids is 2. The molecule has 1 N–H and O–H groups in total. The van der Waals surface area contributed by atoms with Crippen LogP contribution in [0.5, 0.6) is 5.75 Å². The summed E-state index contributed by atoms with van der Waals surface area (Å²) in [5.74, 6) is -0.659. The molecule has 0 spiro atoms. The Morgan fingerprint density at radius 1 is 1.06 bits per heavy atom. The van der Waals surface area contributed by atoms with Gasteiger partial charge in [0.15, 0.2) is 6.10 Å². The standard InChI is InChI=1S/C28H22N2O6/c1-17-13-26(31)36-25-14-22(11-12-23(17)25)34-16-19-7-9-20(10-8-19)28(33)35-18(2)27(32)30-24-6-4-3-5-21(24)15-29/h3-14,18H,16H2,1-2H3,(H,30,32). The van der Waals surface area contributed by atoms with Crippen molar-refractivity contribution in [1.29, 1.82) is 5.26 Å². The number of nitriles is 1. The second-order valence-electron chi connectivity index (χ2n) is 8.09. The number of esters is 1. The van der Waals surface area contributed by atoms with Crippen molar-refractivity contribution in [2.75, 3.05) is 5.32 Å². The van der Waals surface area contributed by atoms with Crippen molar-refractivity contribution in [3.05, 3.63) is 105 Å². The first-order valence-corrected chi connectivity index (χ1v) is 11.1. The Hall–Kier alpha value is -4.90. The van der Waals surface area contributed by atoms with E-state index in [9.17, 15) is 14.4 Å². The van der Waals surface area contributed by atoms with Gasteiger partial charge in [-0.3, -0.25) is 4.79 Å². The van der Waals surface area contributed by atoms with Crippen molar-refractivity contribution >= 4 is 28.5 Å². The molecule has 1 unspecified atom stereocenters. The van der Waals surface area contributed by atoms with Crippen LogP contribution in [0.15, 0.2) is 82.0 Å². The van der Waals surface area contributed by atoms with E-state index in [0.29, 0.717) is 22.6 Å². The van der Waals surface area contributed by atoms with Gasteiger partial charge in [0.25, 0.3) is 5.91 Å². The Labute approximate surface area is 206 Å². The van der Waals surface area contributed by atoms with Gasteiger partial charge in [-0.2, -0.15) is 5.26 Å². The Balaban J connectivity index is 1.34. The van der Waals surface area contributed by atoms with Crippen LogP contribution in [0.4, 0.5) is 5.69 Å². The second kappa shape index (κ2) is 10.6. The minimum absolute atomic E-state index is 0.230. The number of benzene rings is 3. The zero-order valence-electron chi connectivity index (χ0n) is 19.6. The van der Waals surface area contributed by atoms with Crippen LogP contribution < -0.4 is 15.7 Å². The molecule has 0 fully saturated rings. The summed E-state index contributed by atoms with van der Waals surface area (Å²) in [6.45, 7) is 3.53. The summed E-state index contributed by atoms with van der Waals surface area (Å²) in [4.78, 5) is 36.5. The van der Waals surface area contributed by atoms with Crippen LogP contribution >= 0.6 is 0 Å². The van der Waals surface area contributed by atoms with Crippen LogP contribution in [0.1, 0.15) is 34.0 Å². The maximum absolute atomic E-state index is 12.5. The molecular formula is C28H22N2O6. The third-order valence-corrected chi connectivity index (χ3v) is 5.48. The molecule has 180 valence electrons. The first kappa shape index (κ1) is 24.2. The van der Waals surface area contributed by atoms with Crippen molar-refractivity contribution in [2.45, 2.75) is 26.6 Å². The molecule has 0 bridgehead atoms. The van der Waals surface area contributed by atoms with Crippen molar-refractivity contribution in [3.8, 4) is 11.8 Å². The normalized spacial score (nSPS) is 11.4. The molecule has 3 aromatic carbocycles. The van der Waals surface area contributed by atoms with Gasteiger partial charge in [0.1, 0.15) is 24.0 Å². The number of ether oxygens (including phenoxy) is 2. The Bertz CT molecular complexity index is 1530. The van der Waals surface area contributed by atoms with Crippen LogP contribution in [0.2, 0.25) is 0 Å². The van der Waals surface area contributed by atoms with Crippen LogP contribution in [-0.2, 0) is 16.1 Å². The van der Waals surface area contributed by atoms with E-state index in [1.54, 1.807) is 60.7 Å². The summed E-state index contributed by atoms with van der Waals surface area (Å²) in [5.41, 5.74) is 2.60. The van der Waals surface area contributed by atoms with Gasteiger partial charge < -0.3 is 19.2 Å². The fraction of sp³-hybridized carbons (Fsp3) is 0.143. The highest BCUT2D eigenvalue weighted by Gasteiger charge is 2.20. The number of aryl methyl sites for hydroxylation is 1. The van der Waals surface area contributed by atoms with E-state index >= 15 is 0 Å². The Kier molecular flexibility index (Phi) is 7.12. The van der Waals surface area contributed by atoms with E-state index in [-0.39, 0.29) is 12.2 Å². The van der Waals surface area contributed by atoms with E-state index in [2.05, 4.69) is 5.32 Å². The van der Waals surface area contributed by atoms with Crippen molar-refractivity contribution in [2.24, 2.45) is 0 Å². The van der Waals surface area contributed by atoms with E-state index in [4.69, 9.17) is 19.2 Å². The summed E-state index contributed by atoms with van der Waals surface area (Å²) in [6.07, 6.45) is -1.07. The summed E-state index contributed by atoms with van der Waals surface area (Å²) in [6, 6.07) is 21.9. The van der Waals surface area contributed by atoms with Gasteiger partial charge >= 0.3 is 11.6 Å². The highest BCUT2D eigenvalue weighted by Crippen LogP contribution is 2.23. The minimum Gasteiger partial charge on any atom is -0.489 e. The van der Waals surface area contributed by atoms with E-state index in [1.165, 1.54) is 13.0 Å². The summed E-state index contributed by atoms with van der Waals surface area (Å²) in [5, 5.41) is 12.6. The first-order valence-electron chi connectivity index (χ1n) is 11.1. The molecule has 0 aliphatic heterocycles. The SMILES string of the molecule is Cc1cc(=O)oc2cc(OCc3ccc(C(=O)OC(C)C(=O)Nc4ccccc4C#N)cc3)ccc12. The predicted octanol–water partition coefficient (Wildman–Crippen LogP) is 4.74. The molecule has 0 aliphatic carbocycles. The van der Waals surface area contributed by atoms with Gasteiger partial charge in [-0.15, -0.1) is 0 Å². The lowest BCUT2D eigenvalue weighted by atomic mass is 10.1. The zero-order chi connectivity index (χ0) is 25.7. The summed E-state index contributed by atoms with van der Waals surface area (Å²) < 4.78 is 16.3. The number of fused-ring (bicyclic) bond motifs is 1. The van der Waals surface area contributed by atoms with Crippen molar-refractivity contribution in [3.63, 3.8) is 0 Å². The largest absolute Gasteiger partial charge is 0.489 e. The molecule has 1 amide bonds. The van der Waals surface area contributed by atoms with Crippen LogP contribution in [0, 0.1) is 18.3 Å². The molecule has 1 heterocycles. The average Bonchev–Trinajstić information content (AvgIpc) is 2.87. The van der Waals surface area contributed by atoms with E-state index < -0.39 is 23.6 Å². The van der Waals surface area contributed by atoms with Crippen molar-refractivity contribution < 1.29 is 23.5 Å². The molecule has 4 aromatic rings. The number of anilines is 1. The van der Waals surface area contributed by atoms with Gasteiger partial charge in [0.2, 0.25) is 0 Å². The molecule has 8 nitrogen and oxygen atoms in total. The topological polar surface area (TPSA) is 119 Å². The predicted molar refractivity (Wildman–Crippen MR) is 133 cm³/mol. The fourth-order valence-corrected chi connectivity index (χ4v) is 3.50. The monoisotopic (exact) mass is 482 g/mol. The second-order valence-corrected chi connectivity index (χ2v) is 8.09. The number of nitrogens with one attached hydrogen (secondary N) is 1. The van der Waals surface area contributed by atoms with E-state index in [1.807, 2.05) is 19.1 Å². The van der Waals surface area contributed by atoms with Gasteiger partial charge in [-0.05, 0) is 61.4 Å². The quantitative estimate of drug-likeness (QED) is 0.299. The number of amides is 1. The highest BCUT2D eigenvalue weighted by molar-refractivity contribution is 5.98. The van der Waals surface area contributed by atoms with Crippen LogP contribution in [0.3, 0.4) is 0 Å². The zero-order valence-corrected chi connectivity index (χ0v) is 19.6. The van der Waals surface area contributed by atoms with Gasteiger partial charge in [0.05, 0.1) is 16.8 Å². The molecule has 36 heavy (non-hydrogen) atoms. The number of hydrogen-bond donors (Lipinski definition) is 1. The Morgan fingerprint density at radius 3 is 2.56 bits per heavy atom. The number of para-hydroxylation sites is 1. The molecule has 0 saturated carbocycles. The maximum atomic E-state index is 12.5. The highest BCUT2D eigenvalue weighted by atomic mass is 16.5. The number of hydrogen-bond acceptors (Lipinski definition) is 7. The Morgan fingerprint density at radius 2 is 1.81 bits per heavy atom. The van der Waals surface area contributed by atoms with E-state index in [0.717, 1.165) is 16.5 Å². The van der Waals surface area contributed by atoms with Crippen molar-refractivity contribution in [1.82, 2.24) is 0 Å². The molecule has 8 heteroatoms. The molecule has 0 aliphatic rings. The maximum Gasteiger partial charge on any atom is 0.338 e. The number of nitrogens with zero attached hydrogens (tertiary/aromatic N) is 1. The fourth-order valence-electron chi connectivity index (χ4n) is 3.50. The third kappa shape index (κ3) is 5.59. The number of carbonyl (C=O) groups is 2. The lowest BCUT2D eigenvalue weighted by molar-refractivity contribution is -0.123. The third-order valence-electron chi connectivity index (χ3n) is 5.48. The molecular weight excluding hydrogens is 460 g/mol. The van der Waals surface area contributed by atoms with Gasteiger partial charge in [-0.25, -0.2) is 9.59 Å². The minimum atomic E-state index is -1.07. The first-order chi connectivity index (χ1) is 17.3. The van der Waals surface area contributed by atoms with Gasteiger partial charge in [0, 0.05) is 17.5 Å². The van der Waals surface area contributed by atoms with Crippen LogP contribution in [0.25, 0.3) is 11.0 Å². The molecule has 1 aromatic heterocycles. The molecule has 0 saturated heterocycles. The lowest BCUT2D eigenvalue weighted by Crippen LogP contribution is -2.30.